The van der Waals surface area contributed by atoms with E-state index in [1.54, 1.807) is 7.11 Å². The number of benzene rings is 2. The molecule has 4 aromatic rings. The van der Waals surface area contributed by atoms with Crippen molar-refractivity contribution in [3.8, 4) is 16.9 Å². The smallest absolute Gasteiger partial charge is 0.266 e. The van der Waals surface area contributed by atoms with Gasteiger partial charge >= 0.3 is 0 Å². The van der Waals surface area contributed by atoms with Crippen LogP contribution >= 0.6 is 22.9 Å². The summed E-state index contributed by atoms with van der Waals surface area (Å²) in [6.07, 6.45) is 7.39. The number of carbonyl (C=O) groups excluding carboxylic acids is 1. The highest BCUT2D eigenvalue weighted by atomic mass is 35.5. The van der Waals surface area contributed by atoms with Gasteiger partial charge in [0.25, 0.3) is 5.91 Å². The van der Waals surface area contributed by atoms with E-state index in [9.17, 15) is 4.79 Å². The van der Waals surface area contributed by atoms with E-state index in [4.69, 9.17) is 16.3 Å². The van der Waals surface area contributed by atoms with Crippen molar-refractivity contribution < 1.29 is 9.53 Å². The molecule has 1 saturated carbocycles. The number of anilines is 1. The van der Waals surface area contributed by atoms with Crippen LogP contribution in [-0.2, 0) is 6.54 Å². The molecule has 1 aliphatic rings. The molecule has 2 aromatic carbocycles. The second-order valence-electron chi connectivity index (χ2n) is 10.6. The Balaban J connectivity index is 1.51. The van der Waals surface area contributed by atoms with Crippen molar-refractivity contribution in [1.29, 1.82) is 0 Å². The number of halogens is 1. The number of hydrogen-bond donors (Lipinski definition) is 0. The molecule has 0 bridgehead atoms. The summed E-state index contributed by atoms with van der Waals surface area (Å²) in [6.45, 7) is 2.73. The largest absolute Gasteiger partial charge is 0.496 e. The Labute approximate surface area is 240 Å². The third kappa shape index (κ3) is 5.78. The Morgan fingerprint density at radius 1 is 1.05 bits per heavy atom. The van der Waals surface area contributed by atoms with Crippen LogP contribution in [0.2, 0.25) is 5.02 Å². The normalized spacial score (nSPS) is 17.3. The minimum absolute atomic E-state index is 0.00519. The zero-order chi connectivity index (χ0) is 27.5. The Morgan fingerprint density at radius 3 is 2.44 bits per heavy atom. The molecule has 0 aliphatic heterocycles. The SMILES string of the molecule is CCC1CCC(N(Cc2cc(-c3ccc(N(C)C)nc3)ccc2OC)C(=O)c2sc3ccccc3c2Cl)CC1. The van der Waals surface area contributed by atoms with E-state index >= 15 is 0 Å². The highest BCUT2D eigenvalue weighted by molar-refractivity contribution is 7.21. The zero-order valence-corrected chi connectivity index (χ0v) is 24.7. The number of ether oxygens (including phenoxy) is 1. The van der Waals surface area contributed by atoms with Gasteiger partial charge in [-0.05, 0) is 67.5 Å². The van der Waals surface area contributed by atoms with E-state index in [1.165, 1.54) is 17.8 Å². The summed E-state index contributed by atoms with van der Waals surface area (Å²) in [5.74, 6) is 2.43. The summed E-state index contributed by atoms with van der Waals surface area (Å²) in [6, 6.07) is 18.4. The number of carbonyl (C=O) groups is 1. The monoisotopic (exact) mass is 561 g/mol. The van der Waals surface area contributed by atoms with Gasteiger partial charge in [0.1, 0.15) is 16.4 Å². The standard InChI is InChI=1S/C32H36ClN3O2S/c1-5-21-10-14-25(15-11-21)36(32(37)31-30(33)26-8-6-7-9-28(26)39-31)20-24-18-22(12-16-27(24)38-4)23-13-17-29(34-19-23)35(2)3/h6-9,12-13,16-19,21,25H,5,10-11,14-15,20H2,1-4H3. The van der Waals surface area contributed by atoms with Gasteiger partial charge in [0.15, 0.2) is 0 Å². The van der Waals surface area contributed by atoms with Crippen LogP contribution in [0.1, 0.15) is 54.3 Å². The van der Waals surface area contributed by atoms with E-state index in [1.807, 2.05) is 61.6 Å². The second-order valence-corrected chi connectivity index (χ2v) is 12.0. The number of nitrogens with zero attached hydrogens (tertiary/aromatic N) is 3. The van der Waals surface area contributed by atoms with Crippen LogP contribution < -0.4 is 9.64 Å². The quantitative estimate of drug-likeness (QED) is 0.217. The summed E-state index contributed by atoms with van der Waals surface area (Å²) in [5, 5.41) is 1.50. The van der Waals surface area contributed by atoms with Crippen molar-refractivity contribution in [3.63, 3.8) is 0 Å². The van der Waals surface area contributed by atoms with E-state index < -0.39 is 0 Å². The topological polar surface area (TPSA) is 45.7 Å². The number of hydrogen-bond acceptors (Lipinski definition) is 5. The molecule has 204 valence electrons. The van der Waals surface area contributed by atoms with Crippen LogP contribution in [-0.4, -0.2) is 43.0 Å². The van der Waals surface area contributed by atoms with Gasteiger partial charge in [-0.3, -0.25) is 4.79 Å². The Hall–Kier alpha value is -3.09. The number of methoxy groups -OCH3 is 1. The average Bonchev–Trinajstić information content (AvgIpc) is 3.32. The third-order valence-corrected chi connectivity index (χ3v) is 9.65. The number of pyridine rings is 1. The Bertz CT molecular complexity index is 1440. The predicted molar refractivity (Wildman–Crippen MR) is 163 cm³/mol. The fourth-order valence-electron chi connectivity index (χ4n) is 5.60. The summed E-state index contributed by atoms with van der Waals surface area (Å²) in [5.41, 5.74) is 3.05. The summed E-state index contributed by atoms with van der Waals surface area (Å²) in [7, 11) is 5.65. The lowest BCUT2D eigenvalue weighted by Gasteiger charge is -2.37. The van der Waals surface area contributed by atoms with Crippen molar-refractivity contribution in [1.82, 2.24) is 9.88 Å². The van der Waals surface area contributed by atoms with Gasteiger partial charge in [0.2, 0.25) is 0 Å². The average molecular weight is 562 g/mol. The van der Waals surface area contributed by atoms with E-state index in [0.29, 0.717) is 16.4 Å². The summed E-state index contributed by atoms with van der Waals surface area (Å²) < 4.78 is 6.82. The maximum absolute atomic E-state index is 14.2. The minimum Gasteiger partial charge on any atom is -0.496 e. The molecule has 2 aromatic heterocycles. The molecular formula is C32H36ClN3O2S. The van der Waals surface area contributed by atoms with Crippen molar-refractivity contribution in [2.75, 3.05) is 26.1 Å². The van der Waals surface area contributed by atoms with Gasteiger partial charge in [-0.2, -0.15) is 0 Å². The molecule has 1 aliphatic carbocycles. The molecule has 5 rings (SSSR count). The van der Waals surface area contributed by atoms with Gasteiger partial charge in [-0.1, -0.05) is 49.2 Å². The van der Waals surface area contributed by atoms with Gasteiger partial charge in [-0.25, -0.2) is 4.98 Å². The first kappa shape index (κ1) is 27.5. The first-order chi connectivity index (χ1) is 18.9. The number of thiophene rings is 1. The first-order valence-corrected chi connectivity index (χ1v) is 14.9. The number of aromatic nitrogens is 1. The molecule has 2 heterocycles. The lowest BCUT2D eigenvalue weighted by atomic mass is 9.83. The molecule has 0 N–H and O–H groups in total. The number of fused-ring (bicyclic) bond motifs is 1. The molecule has 1 fully saturated rings. The maximum atomic E-state index is 14.2. The molecular weight excluding hydrogens is 526 g/mol. The Kier molecular flexibility index (Phi) is 8.43. The molecule has 0 unspecified atom stereocenters. The van der Waals surface area contributed by atoms with Crippen LogP contribution in [0.15, 0.2) is 60.8 Å². The maximum Gasteiger partial charge on any atom is 0.266 e. The minimum atomic E-state index is 0.00519. The van der Waals surface area contributed by atoms with Gasteiger partial charge in [-0.15, -0.1) is 11.3 Å². The van der Waals surface area contributed by atoms with E-state index in [-0.39, 0.29) is 11.9 Å². The summed E-state index contributed by atoms with van der Waals surface area (Å²) in [4.78, 5) is 23.5. The number of amides is 1. The van der Waals surface area contributed by atoms with Gasteiger partial charge in [0, 0.05) is 54.1 Å². The van der Waals surface area contributed by atoms with Crippen molar-refractivity contribution in [3.05, 3.63) is 76.3 Å². The van der Waals surface area contributed by atoms with Gasteiger partial charge in [0.05, 0.1) is 12.1 Å². The fraction of sp³-hybridized carbons (Fsp3) is 0.375. The lowest BCUT2D eigenvalue weighted by molar-refractivity contribution is 0.0591. The van der Waals surface area contributed by atoms with Crippen LogP contribution in [0.3, 0.4) is 0 Å². The van der Waals surface area contributed by atoms with Crippen LogP contribution in [0.5, 0.6) is 5.75 Å². The summed E-state index contributed by atoms with van der Waals surface area (Å²) >= 11 is 8.30. The van der Waals surface area contributed by atoms with Crippen molar-refractivity contribution in [2.24, 2.45) is 5.92 Å². The fourth-order valence-corrected chi connectivity index (χ4v) is 7.07. The Morgan fingerprint density at radius 2 is 1.79 bits per heavy atom. The van der Waals surface area contributed by atoms with Crippen LogP contribution in [0.25, 0.3) is 21.2 Å². The molecule has 0 spiro atoms. The molecule has 0 atom stereocenters. The first-order valence-electron chi connectivity index (χ1n) is 13.7. The predicted octanol–water partition coefficient (Wildman–Crippen LogP) is 8.30. The highest BCUT2D eigenvalue weighted by Crippen LogP contribution is 2.39. The van der Waals surface area contributed by atoms with Crippen LogP contribution in [0.4, 0.5) is 5.82 Å². The van der Waals surface area contributed by atoms with Gasteiger partial charge < -0.3 is 14.5 Å². The van der Waals surface area contributed by atoms with Crippen molar-refractivity contribution >= 4 is 44.7 Å². The van der Waals surface area contributed by atoms with Crippen molar-refractivity contribution in [2.45, 2.75) is 51.6 Å². The molecule has 0 radical (unpaired) electrons. The highest BCUT2D eigenvalue weighted by Gasteiger charge is 2.32. The zero-order valence-electron chi connectivity index (χ0n) is 23.1. The molecule has 1 amide bonds. The second kappa shape index (κ2) is 12.0. The molecule has 39 heavy (non-hydrogen) atoms. The lowest BCUT2D eigenvalue weighted by Crippen LogP contribution is -2.41. The van der Waals surface area contributed by atoms with Crippen LogP contribution in [0, 0.1) is 5.92 Å². The molecule has 0 saturated heterocycles. The molecule has 7 heteroatoms. The van der Waals surface area contributed by atoms with E-state index in [2.05, 4.69) is 35.0 Å². The molecule has 5 nitrogen and oxygen atoms in total. The third-order valence-electron chi connectivity index (χ3n) is 7.98. The number of rotatable bonds is 8. The van der Waals surface area contributed by atoms with E-state index in [0.717, 1.165) is 69.9 Å².